The molecule has 112 valence electrons. The Kier molecular flexibility index (Phi) is 4.64. The van der Waals surface area contributed by atoms with Crippen LogP contribution in [0.15, 0.2) is 36.4 Å². The first-order chi connectivity index (χ1) is 9.86. The van der Waals surface area contributed by atoms with Gasteiger partial charge in [-0.25, -0.2) is 9.97 Å². The Hall–Kier alpha value is -1.86. The minimum atomic E-state index is -4.61. The molecule has 0 amide bonds. The summed E-state index contributed by atoms with van der Waals surface area (Å²) in [4.78, 5) is 6.76. The second-order valence-corrected chi connectivity index (χ2v) is 4.55. The summed E-state index contributed by atoms with van der Waals surface area (Å²) in [6.45, 7) is -0.00530. The van der Waals surface area contributed by atoms with Gasteiger partial charge in [0, 0.05) is 12.6 Å². The first kappa shape index (κ1) is 15.5. The van der Waals surface area contributed by atoms with E-state index < -0.39 is 23.3 Å². The van der Waals surface area contributed by atoms with E-state index in [1.54, 1.807) is 30.3 Å². The summed E-state index contributed by atoms with van der Waals surface area (Å²) in [6, 6.07) is 9.46. The number of rotatable bonds is 4. The molecule has 21 heavy (non-hydrogen) atoms. The Morgan fingerprint density at radius 2 is 1.86 bits per heavy atom. The van der Waals surface area contributed by atoms with Crippen molar-refractivity contribution in [2.45, 2.75) is 12.3 Å². The zero-order chi connectivity index (χ0) is 15.5. The second-order valence-electron chi connectivity index (χ2n) is 4.21. The maximum atomic E-state index is 12.6. The van der Waals surface area contributed by atoms with Gasteiger partial charge in [0.15, 0.2) is 5.69 Å². The molecule has 1 aromatic carbocycles. The summed E-state index contributed by atoms with van der Waals surface area (Å²) in [6.07, 6.45) is -5.49. The number of aliphatic hydroxyl groups excluding tert-OH is 1. The summed E-state index contributed by atoms with van der Waals surface area (Å²) in [5.74, 6) is -0.0997. The summed E-state index contributed by atoms with van der Waals surface area (Å²) in [5, 5.41) is 12.0. The largest absolute Gasteiger partial charge is 0.433 e. The first-order valence-corrected chi connectivity index (χ1v) is 6.33. The smallest absolute Gasteiger partial charge is 0.387 e. The number of hydrogen-bond acceptors (Lipinski definition) is 4. The summed E-state index contributed by atoms with van der Waals surface area (Å²) in [7, 11) is 0. The molecule has 0 saturated carbocycles. The molecule has 4 nitrogen and oxygen atoms in total. The monoisotopic (exact) mass is 317 g/mol. The number of alkyl halides is 3. The molecule has 0 spiro atoms. The minimum absolute atomic E-state index is 0.00530. The van der Waals surface area contributed by atoms with E-state index in [9.17, 15) is 18.3 Å². The van der Waals surface area contributed by atoms with Gasteiger partial charge in [-0.3, -0.25) is 0 Å². The summed E-state index contributed by atoms with van der Waals surface area (Å²) < 4.78 is 37.8. The molecule has 0 bridgehead atoms. The minimum Gasteiger partial charge on any atom is -0.387 e. The van der Waals surface area contributed by atoms with Crippen molar-refractivity contribution in [3.05, 3.63) is 52.9 Å². The van der Waals surface area contributed by atoms with Gasteiger partial charge in [-0.05, 0) is 17.2 Å². The molecule has 2 aromatic rings. The van der Waals surface area contributed by atoms with Crippen molar-refractivity contribution < 1.29 is 18.3 Å². The fourth-order valence-electron chi connectivity index (χ4n) is 1.65. The van der Waals surface area contributed by atoms with E-state index in [0.29, 0.717) is 5.56 Å². The van der Waals surface area contributed by atoms with Gasteiger partial charge in [0.1, 0.15) is 5.82 Å². The number of anilines is 1. The number of halogens is 4. The molecule has 1 aromatic heterocycles. The van der Waals surface area contributed by atoms with Gasteiger partial charge in [0.25, 0.3) is 0 Å². The highest BCUT2D eigenvalue weighted by molar-refractivity contribution is 6.28. The van der Waals surface area contributed by atoms with Crippen molar-refractivity contribution in [2.24, 2.45) is 0 Å². The van der Waals surface area contributed by atoms with E-state index in [4.69, 9.17) is 11.6 Å². The normalized spacial score (nSPS) is 13.0. The van der Waals surface area contributed by atoms with Gasteiger partial charge in [0.05, 0.1) is 6.10 Å². The zero-order valence-electron chi connectivity index (χ0n) is 10.6. The Morgan fingerprint density at radius 3 is 2.48 bits per heavy atom. The van der Waals surface area contributed by atoms with E-state index in [1.165, 1.54) is 0 Å². The number of benzene rings is 1. The van der Waals surface area contributed by atoms with Crippen LogP contribution in [0.5, 0.6) is 0 Å². The number of hydrogen-bond donors (Lipinski definition) is 2. The molecule has 1 unspecified atom stereocenters. The molecule has 2 N–H and O–H groups in total. The number of nitrogens with one attached hydrogen (secondary N) is 1. The van der Waals surface area contributed by atoms with Crippen molar-refractivity contribution in [2.75, 3.05) is 11.9 Å². The van der Waals surface area contributed by atoms with Gasteiger partial charge in [-0.15, -0.1) is 0 Å². The average Bonchev–Trinajstić information content (AvgIpc) is 2.44. The standard InChI is InChI=1S/C13H11ClF3N3O/c14-12-19-10(13(15,16)17)6-11(20-12)18-7-9(21)8-4-2-1-3-5-8/h1-6,9,21H,7H2,(H,18,19,20). The fraction of sp³-hybridized carbons (Fsp3) is 0.231. The van der Waals surface area contributed by atoms with Gasteiger partial charge in [0.2, 0.25) is 5.28 Å². The summed E-state index contributed by atoms with van der Waals surface area (Å²) >= 11 is 5.46. The van der Waals surface area contributed by atoms with Crippen molar-refractivity contribution in [3.8, 4) is 0 Å². The highest BCUT2D eigenvalue weighted by Gasteiger charge is 2.33. The van der Waals surface area contributed by atoms with Crippen LogP contribution in [0.25, 0.3) is 0 Å². The van der Waals surface area contributed by atoms with Crippen LogP contribution >= 0.6 is 11.6 Å². The predicted molar refractivity (Wildman–Crippen MR) is 71.9 cm³/mol. The lowest BCUT2D eigenvalue weighted by atomic mass is 10.1. The third kappa shape index (κ3) is 4.30. The van der Waals surface area contributed by atoms with Crippen LogP contribution in [0.3, 0.4) is 0 Å². The molecule has 1 heterocycles. The lowest BCUT2D eigenvalue weighted by molar-refractivity contribution is -0.141. The van der Waals surface area contributed by atoms with E-state index in [2.05, 4.69) is 15.3 Å². The van der Waals surface area contributed by atoms with Crippen molar-refractivity contribution >= 4 is 17.4 Å². The third-order valence-corrected chi connectivity index (χ3v) is 2.82. The van der Waals surface area contributed by atoms with Gasteiger partial charge in [-0.1, -0.05) is 30.3 Å². The summed E-state index contributed by atoms with van der Waals surface area (Å²) in [5.41, 5.74) is -0.500. The maximum absolute atomic E-state index is 12.6. The lowest BCUT2D eigenvalue weighted by Crippen LogP contribution is -2.15. The highest BCUT2D eigenvalue weighted by Crippen LogP contribution is 2.29. The first-order valence-electron chi connectivity index (χ1n) is 5.95. The van der Waals surface area contributed by atoms with Gasteiger partial charge >= 0.3 is 6.18 Å². The molecule has 0 aliphatic carbocycles. The van der Waals surface area contributed by atoms with E-state index in [-0.39, 0.29) is 12.4 Å². The van der Waals surface area contributed by atoms with Crippen molar-refractivity contribution in [1.82, 2.24) is 9.97 Å². The highest BCUT2D eigenvalue weighted by atomic mass is 35.5. The molecular formula is C13H11ClF3N3O. The number of nitrogens with zero attached hydrogens (tertiary/aromatic N) is 2. The molecule has 0 aliphatic rings. The van der Waals surface area contributed by atoms with Crippen LogP contribution in [0.2, 0.25) is 5.28 Å². The number of aromatic nitrogens is 2. The predicted octanol–water partition coefficient (Wildman–Crippen LogP) is 3.29. The topological polar surface area (TPSA) is 58.0 Å². The van der Waals surface area contributed by atoms with E-state index in [1.807, 2.05) is 0 Å². The maximum Gasteiger partial charge on any atom is 0.433 e. The fourth-order valence-corrected chi connectivity index (χ4v) is 1.83. The van der Waals surface area contributed by atoms with Crippen LogP contribution < -0.4 is 5.32 Å². The van der Waals surface area contributed by atoms with Gasteiger partial charge < -0.3 is 10.4 Å². The van der Waals surface area contributed by atoms with Crippen LogP contribution in [0.1, 0.15) is 17.4 Å². The molecule has 0 fully saturated rings. The van der Waals surface area contributed by atoms with Crippen LogP contribution in [-0.2, 0) is 6.18 Å². The Bertz CT molecular complexity index is 607. The Labute approximate surface area is 123 Å². The molecule has 0 aliphatic heterocycles. The SMILES string of the molecule is OC(CNc1cc(C(F)(F)F)nc(Cl)n1)c1ccccc1. The quantitative estimate of drug-likeness (QED) is 0.850. The van der Waals surface area contributed by atoms with E-state index >= 15 is 0 Å². The molecule has 2 rings (SSSR count). The molecule has 8 heteroatoms. The average molecular weight is 318 g/mol. The number of aliphatic hydroxyl groups is 1. The van der Waals surface area contributed by atoms with Crippen LogP contribution in [-0.4, -0.2) is 21.6 Å². The van der Waals surface area contributed by atoms with Crippen LogP contribution in [0, 0.1) is 0 Å². The molecular weight excluding hydrogens is 307 g/mol. The molecule has 0 saturated heterocycles. The third-order valence-electron chi connectivity index (χ3n) is 2.65. The van der Waals surface area contributed by atoms with Gasteiger partial charge in [-0.2, -0.15) is 13.2 Å². The Morgan fingerprint density at radius 1 is 1.19 bits per heavy atom. The van der Waals surface area contributed by atoms with Crippen LogP contribution in [0.4, 0.5) is 19.0 Å². The lowest BCUT2D eigenvalue weighted by Gasteiger charge is -2.13. The van der Waals surface area contributed by atoms with Crippen molar-refractivity contribution in [1.29, 1.82) is 0 Å². The molecule has 0 radical (unpaired) electrons. The van der Waals surface area contributed by atoms with E-state index in [0.717, 1.165) is 6.07 Å². The zero-order valence-corrected chi connectivity index (χ0v) is 11.4. The molecule has 1 atom stereocenters. The Balaban J connectivity index is 2.08. The van der Waals surface area contributed by atoms with Crippen molar-refractivity contribution in [3.63, 3.8) is 0 Å². The second kappa shape index (κ2) is 6.28.